The second kappa shape index (κ2) is 8.97. The van der Waals surface area contributed by atoms with Crippen molar-refractivity contribution in [2.75, 3.05) is 26.3 Å². The molecule has 0 aromatic heterocycles. The van der Waals surface area contributed by atoms with E-state index in [1.807, 2.05) is 30.3 Å². The lowest BCUT2D eigenvalue weighted by Gasteiger charge is -2.18. The predicted molar refractivity (Wildman–Crippen MR) is 115 cm³/mol. The number of methoxy groups -OCH3 is 2. The van der Waals surface area contributed by atoms with Crippen LogP contribution in [0.3, 0.4) is 0 Å². The maximum atomic E-state index is 12.6. The number of aliphatic hydroxyl groups excluding tert-OH is 1. The van der Waals surface area contributed by atoms with Crippen molar-refractivity contribution in [1.82, 2.24) is 0 Å². The van der Waals surface area contributed by atoms with Crippen molar-refractivity contribution < 1.29 is 28.8 Å². The van der Waals surface area contributed by atoms with Gasteiger partial charge in [0.2, 0.25) is 6.79 Å². The van der Waals surface area contributed by atoms with Gasteiger partial charge in [0.05, 0.1) is 20.3 Å². The predicted octanol–water partition coefficient (Wildman–Crippen LogP) is 3.96. The smallest absolute Gasteiger partial charge is 0.255 e. The zero-order valence-electron chi connectivity index (χ0n) is 17.3. The van der Waals surface area contributed by atoms with Gasteiger partial charge in [-0.05, 0) is 29.8 Å². The largest absolute Gasteiger partial charge is 0.493 e. The van der Waals surface area contributed by atoms with E-state index in [9.17, 15) is 9.90 Å². The Labute approximate surface area is 180 Å². The highest BCUT2D eigenvalue weighted by Gasteiger charge is 2.27. The Morgan fingerprint density at radius 1 is 1.06 bits per heavy atom. The summed E-state index contributed by atoms with van der Waals surface area (Å²) in [5.41, 5.74) is 2.38. The number of nitrogens with one attached hydrogen (secondary N) is 1. The van der Waals surface area contributed by atoms with Gasteiger partial charge in [-0.25, -0.2) is 0 Å². The molecule has 1 aliphatic heterocycles. The normalized spacial score (nSPS) is 12.9. The summed E-state index contributed by atoms with van der Waals surface area (Å²) in [6, 6.07) is 17.8. The van der Waals surface area contributed by atoms with Gasteiger partial charge < -0.3 is 29.4 Å². The van der Waals surface area contributed by atoms with Gasteiger partial charge in [0.1, 0.15) is 0 Å². The number of para-hydroxylation sites is 1. The summed E-state index contributed by atoms with van der Waals surface area (Å²) in [4.78, 5) is 12.6. The Morgan fingerprint density at radius 2 is 1.87 bits per heavy atom. The van der Waals surface area contributed by atoms with Gasteiger partial charge in [0.25, 0.3) is 5.91 Å². The number of carbonyl (C=O) groups is 1. The van der Waals surface area contributed by atoms with Gasteiger partial charge in [-0.2, -0.15) is 0 Å². The van der Waals surface area contributed by atoms with E-state index in [2.05, 4.69) is 5.32 Å². The van der Waals surface area contributed by atoms with Gasteiger partial charge in [-0.3, -0.25) is 4.79 Å². The van der Waals surface area contributed by atoms with Gasteiger partial charge >= 0.3 is 0 Å². The molecule has 0 spiro atoms. The van der Waals surface area contributed by atoms with Crippen LogP contribution in [0.15, 0.2) is 60.7 Å². The number of amides is 1. The molecule has 3 aromatic carbocycles. The van der Waals surface area contributed by atoms with Crippen LogP contribution in [0.4, 0.5) is 5.69 Å². The maximum Gasteiger partial charge on any atom is 0.255 e. The summed E-state index contributed by atoms with van der Waals surface area (Å²) in [6.07, 6.45) is -0.714. The monoisotopic (exact) mass is 421 g/mol. The fourth-order valence-corrected chi connectivity index (χ4v) is 3.55. The Hall–Kier alpha value is -3.71. The number of aliphatic hydroxyl groups is 1. The molecule has 0 saturated carbocycles. The standard InChI is InChI=1S/C24H23NO6/c1-28-20-13-21-23(31-14-30-21)18(22(20)29-2)12-19(26)15-7-6-8-16(11-15)24(27)25-17-9-4-3-5-10-17/h3-11,13,19,26H,12,14H2,1-2H3,(H,25,27). The summed E-state index contributed by atoms with van der Waals surface area (Å²) in [5.74, 6) is 1.77. The Morgan fingerprint density at radius 3 is 2.61 bits per heavy atom. The average molecular weight is 421 g/mol. The lowest BCUT2D eigenvalue weighted by molar-refractivity contribution is 0.102. The fourth-order valence-electron chi connectivity index (χ4n) is 3.55. The third-order valence-corrected chi connectivity index (χ3v) is 5.06. The third kappa shape index (κ3) is 4.27. The summed E-state index contributed by atoms with van der Waals surface area (Å²) in [6.45, 7) is 0.0872. The highest BCUT2D eigenvalue weighted by molar-refractivity contribution is 6.04. The van der Waals surface area contributed by atoms with Crippen LogP contribution in [0.5, 0.6) is 23.0 Å². The molecule has 7 heteroatoms. The van der Waals surface area contributed by atoms with E-state index >= 15 is 0 Å². The van der Waals surface area contributed by atoms with E-state index in [-0.39, 0.29) is 19.1 Å². The van der Waals surface area contributed by atoms with Crippen molar-refractivity contribution in [3.63, 3.8) is 0 Å². The van der Waals surface area contributed by atoms with Crippen LogP contribution in [0.2, 0.25) is 0 Å². The molecular weight excluding hydrogens is 398 g/mol. The quantitative estimate of drug-likeness (QED) is 0.601. The highest BCUT2D eigenvalue weighted by atomic mass is 16.7. The molecule has 0 fully saturated rings. The minimum absolute atomic E-state index is 0.0872. The van der Waals surface area contributed by atoms with Gasteiger partial charge in [0.15, 0.2) is 23.0 Å². The molecule has 1 aliphatic rings. The number of rotatable bonds is 7. The summed E-state index contributed by atoms with van der Waals surface area (Å²) < 4.78 is 22.0. The Bertz CT molecular complexity index is 1080. The maximum absolute atomic E-state index is 12.6. The van der Waals surface area contributed by atoms with Crippen LogP contribution in [0, 0.1) is 0 Å². The van der Waals surface area contributed by atoms with Gasteiger partial charge in [0, 0.05) is 29.3 Å². The van der Waals surface area contributed by atoms with Gasteiger partial charge in [-0.15, -0.1) is 0 Å². The lowest BCUT2D eigenvalue weighted by atomic mass is 9.97. The van der Waals surface area contributed by atoms with Crippen LogP contribution in [-0.2, 0) is 6.42 Å². The van der Waals surface area contributed by atoms with Crippen molar-refractivity contribution in [1.29, 1.82) is 0 Å². The first-order valence-corrected chi connectivity index (χ1v) is 9.78. The molecule has 4 rings (SSSR count). The molecule has 0 aliphatic carbocycles. The van der Waals surface area contributed by atoms with E-state index in [1.165, 1.54) is 14.2 Å². The molecule has 160 valence electrons. The molecule has 1 atom stereocenters. The van der Waals surface area contributed by atoms with Crippen molar-refractivity contribution >= 4 is 11.6 Å². The van der Waals surface area contributed by atoms with Crippen LogP contribution in [0.1, 0.15) is 27.6 Å². The first-order valence-electron chi connectivity index (χ1n) is 9.78. The van der Waals surface area contributed by atoms with E-state index in [0.717, 1.165) is 0 Å². The minimum atomic E-state index is -0.904. The first-order chi connectivity index (χ1) is 15.1. The Kier molecular flexibility index (Phi) is 5.95. The molecule has 1 amide bonds. The molecule has 1 unspecified atom stereocenters. The summed E-state index contributed by atoms with van der Waals surface area (Å²) in [5, 5.41) is 13.8. The van der Waals surface area contributed by atoms with E-state index in [4.69, 9.17) is 18.9 Å². The van der Waals surface area contributed by atoms with Crippen LogP contribution in [-0.4, -0.2) is 32.0 Å². The first kappa shape index (κ1) is 20.6. The van der Waals surface area contributed by atoms with E-state index in [1.54, 1.807) is 30.3 Å². The van der Waals surface area contributed by atoms with Crippen molar-refractivity contribution in [3.05, 3.63) is 77.4 Å². The van der Waals surface area contributed by atoms with Crippen molar-refractivity contribution in [2.45, 2.75) is 12.5 Å². The minimum Gasteiger partial charge on any atom is -0.493 e. The number of benzene rings is 3. The zero-order chi connectivity index (χ0) is 21.8. The highest BCUT2D eigenvalue weighted by Crippen LogP contribution is 2.48. The lowest BCUT2D eigenvalue weighted by Crippen LogP contribution is -2.13. The van der Waals surface area contributed by atoms with Gasteiger partial charge in [-0.1, -0.05) is 30.3 Å². The number of fused-ring (bicyclic) bond motifs is 1. The number of hydrogen-bond acceptors (Lipinski definition) is 6. The number of carbonyl (C=O) groups excluding carboxylic acids is 1. The number of hydrogen-bond donors (Lipinski definition) is 2. The van der Waals surface area contributed by atoms with Crippen LogP contribution in [0.25, 0.3) is 0 Å². The molecule has 0 radical (unpaired) electrons. The van der Waals surface area contributed by atoms with Crippen molar-refractivity contribution in [3.8, 4) is 23.0 Å². The summed E-state index contributed by atoms with van der Waals surface area (Å²) >= 11 is 0. The molecule has 31 heavy (non-hydrogen) atoms. The second-order valence-electron chi connectivity index (χ2n) is 6.99. The van der Waals surface area contributed by atoms with Crippen LogP contribution >= 0.6 is 0 Å². The third-order valence-electron chi connectivity index (χ3n) is 5.06. The Balaban J connectivity index is 1.59. The fraction of sp³-hybridized carbons (Fsp3) is 0.208. The van der Waals surface area contributed by atoms with Crippen molar-refractivity contribution in [2.24, 2.45) is 0 Å². The average Bonchev–Trinajstić information content (AvgIpc) is 3.28. The summed E-state index contributed by atoms with van der Waals surface area (Å²) in [7, 11) is 3.07. The molecule has 0 saturated heterocycles. The van der Waals surface area contributed by atoms with E-state index < -0.39 is 6.10 Å². The molecular formula is C24H23NO6. The number of anilines is 1. The second-order valence-corrected chi connectivity index (χ2v) is 6.99. The molecule has 2 N–H and O–H groups in total. The zero-order valence-corrected chi connectivity index (χ0v) is 17.3. The molecule has 0 bridgehead atoms. The molecule has 3 aromatic rings. The SMILES string of the molecule is COc1cc2c(c(CC(O)c3cccc(C(=O)Nc4ccccc4)c3)c1OC)OCO2. The topological polar surface area (TPSA) is 86.3 Å². The van der Waals surface area contributed by atoms with Crippen LogP contribution < -0.4 is 24.3 Å². The molecule has 7 nitrogen and oxygen atoms in total. The molecule has 1 heterocycles. The number of ether oxygens (including phenoxy) is 4. The van der Waals surface area contributed by atoms with E-state index in [0.29, 0.717) is 45.4 Å².